The number of nitrogens with one attached hydrogen (secondary N) is 2. The smallest absolute Gasteiger partial charge is 0.195 e. The average molecular weight is 467 g/mol. The van der Waals surface area contributed by atoms with Crippen LogP contribution < -0.4 is 20.1 Å². The predicted molar refractivity (Wildman–Crippen MR) is 117 cm³/mol. The summed E-state index contributed by atoms with van der Waals surface area (Å²) < 4.78 is 11.4. The lowest BCUT2D eigenvalue weighted by Gasteiger charge is -2.14. The van der Waals surface area contributed by atoms with Gasteiger partial charge in [-0.3, -0.25) is 4.99 Å². The fourth-order valence-corrected chi connectivity index (χ4v) is 2.76. The molecule has 1 aliphatic rings. The predicted octanol–water partition coefficient (Wildman–Crippen LogP) is 4.00. The van der Waals surface area contributed by atoms with Crippen LogP contribution >= 0.6 is 24.0 Å². The molecule has 2 aromatic carbocycles. The lowest BCUT2D eigenvalue weighted by atomic mass is 10.1. The Morgan fingerprint density at radius 1 is 1.08 bits per heavy atom. The Bertz CT molecular complexity index is 750. The standard InChI is InChI=1S/C20H25N3O2.HI/c1-15-6-3-4-7-16(15)10-11-22-20(21-2)23-17-8-9-18-19(14-17)25-13-5-12-24-18;/h3-4,6-9,14H,5,10-13H2,1-2H3,(H2,21,22,23);1H. The molecule has 0 spiro atoms. The summed E-state index contributed by atoms with van der Waals surface area (Å²) in [6.45, 7) is 4.33. The molecule has 0 amide bonds. The van der Waals surface area contributed by atoms with Crippen molar-refractivity contribution in [1.29, 1.82) is 0 Å². The molecule has 0 atom stereocenters. The Hall–Kier alpha value is -1.96. The molecule has 3 rings (SSSR count). The van der Waals surface area contributed by atoms with Crippen LogP contribution in [0.1, 0.15) is 17.5 Å². The third kappa shape index (κ3) is 5.52. The molecule has 0 saturated heterocycles. The number of anilines is 1. The molecule has 0 saturated carbocycles. The lowest BCUT2D eigenvalue weighted by molar-refractivity contribution is 0.297. The third-order valence-corrected chi connectivity index (χ3v) is 4.18. The number of hydrogen-bond donors (Lipinski definition) is 2. The average Bonchev–Trinajstić information content (AvgIpc) is 2.87. The van der Waals surface area contributed by atoms with Crippen molar-refractivity contribution < 1.29 is 9.47 Å². The van der Waals surface area contributed by atoms with E-state index in [1.165, 1.54) is 11.1 Å². The minimum absolute atomic E-state index is 0. The summed E-state index contributed by atoms with van der Waals surface area (Å²) in [4.78, 5) is 4.29. The number of ether oxygens (including phenoxy) is 2. The number of halogens is 1. The molecule has 0 aromatic heterocycles. The van der Waals surface area contributed by atoms with Crippen molar-refractivity contribution in [2.75, 3.05) is 32.1 Å². The molecule has 26 heavy (non-hydrogen) atoms. The van der Waals surface area contributed by atoms with Gasteiger partial charge in [-0.1, -0.05) is 24.3 Å². The molecule has 0 fully saturated rings. The summed E-state index contributed by atoms with van der Waals surface area (Å²) in [5.41, 5.74) is 3.59. The summed E-state index contributed by atoms with van der Waals surface area (Å²) in [6.07, 6.45) is 1.86. The Morgan fingerprint density at radius 3 is 2.62 bits per heavy atom. The zero-order valence-electron chi connectivity index (χ0n) is 15.2. The second kappa shape index (κ2) is 10.3. The molecular weight excluding hydrogens is 441 g/mol. The lowest BCUT2D eigenvalue weighted by Crippen LogP contribution is -2.32. The maximum Gasteiger partial charge on any atom is 0.195 e. The molecular formula is C20H26IN3O2. The Morgan fingerprint density at radius 2 is 1.85 bits per heavy atom. The minimum atomic E-state index is 0. The van der Waals surface area contributed by atoms with Gasteiger partial charge in [-0.25, -0.2) is 0 Å². The van der Waals surface area contributed by atoms with Crippen molar-refractivity contribution in [3.63, 3.8) is 0 Å². The van der Waals surface area contributed by atoms with Gasteiger partial charge in [0.1, 0.15) is 0 Å². The normalized spacial score (nSPS) is 13.4. The monoisotopic (exact) mass is 467 g/mol. The number of hydrogen-bond acceptors (Lipinski definition) is 3. The van der Waals surface area contributed by atoms with E-state index in [-0.39, 0.29) is 24.0 Å². The second-order valence-corrected chi connectivity index (χ2v) is 6.01. The van der Waals surface area contributed by atoms with E-state index in [4.69, 9.17) is 9.47 Å². The van der Waals surface area contributed by atoms with Crippen LogP contribution in [-0.4, -0.2) is 32.8 Å². The largest absolute Gasteiger partial charge is 0.490 e. The summed E-state index contributed by atoms with van der Waals surface area (Å²) in [5.74, 6) is 2.31. The van der Waals surface area contributed by atoms with Crippen LogP contribution in [0, 0.1) is 6.92 Å². The summed E-state index contributed by atoms with van der Waals surface area (Å²) in [6, 6.07) is 14.3. The number of fused-ring (bicyclic) bond motifs is 1. The van der Waals surface area contributed by atoms with Gasteiger partial charge in [0, 0.05) is 31.8 Å². The zero-order valence-corrected chi connectivity index (χ0v) is 17.6. The number of guanidine groups is 1. The van der Waals surface area contributed by atoms with Crippen LogP contribution in [0.15, 0.2) is 47.5 Å². The summed E-state index contributed by atoms with van der Waals surface area (Å²) in [5, 5.41) is 6.66. The first-order chi connectivity index (χ1) is 12.3. The van der Waals surface area contributed by atoms with Gasteiger partial charge in [0.2, 0.25) is 0 Å². The highest BCUT2D eigenvalue weighted by Gasteiger charge is 2.11. The van der Waals surface area contributed by atoms with Gasteiger partial charge in [-0.2, -0.15) is 0 Å². The van der Waals surface area contributed by atoms with Crippen LogP contribution in [-0.2, 0) is 6.42 Å². The molecule has 2 aromatic rings. The van der Waals surface area contributed by atoms with E-state index in [2.05, 4.69) is 46.8 Å². The van der Waals surface area contributed by atoms with Gasteiger partial charge >= 0.3 is 0 Å². The highest BCUT2D eigenvalue weighted by Crippen LogP contribution is 2.32. The minimum Gasteiger partial charge on any atom is -0.490 e. The highest BCUT2D eigenvalue weighted by molar-refractivity contribution is 14.0. The first-order valence-electron chi connectivity index (χ1n) is 8.68. The SMILES string of the molecule is CN=C(NCCc1ccccc1C)Nc1ccc2c(c1)OCCCO2.I. The van der Waals surface area contributed by atoms with E-state index in [0.29, 0.717) is 13.2 Å². The van der Waals surface area contributed by atoms with Crippen LogP contribution in [0.5, 0.6) is 11.5 Å². The van der Waals surface area contributed by atoms with Crippen molar-refractivity contribution in [3.05, 3.63) is 53.6 Å². The quantitative estimate of drug-likeness (QED) is 0.406. The number of aryl methyl sites for hydroxylation is 1. The zero-order chi connectivity index (χ0) is 17.5. The van der Waals surface area contributed by atoms with Gasteiger partial charge in [-0.05, 0) is 36.6 Å². The molecule has 0 radical (unpaired) electrons. The van der Waals surface area contributed by atoms with E-state index in [1.54, 1.807) is 7.05 Å². The Labute approximate surface area is 172 Å². The maximum absolute atomic E-state index is 5.73. The van der Waals surface area contributed by atoms with E-state index >= 15 is 0 Å². The second-order valence-electron chi connectivity index (χ2n) is 6.01. The Kier molecular flexibility index (Phi) is 8.03. The van der Waals surface area contributed by atoms with Crippen molar-refractivity contribution in [2.45, 2.75) is 19.8 Å². The molecule has 6 heteroatoms. The van der Waals surface area contributed by atoms with Crippen molar-refractivity contribution in [3.8, 4) is 11.5 Å². The number of rotatable bonds is 4. The first-order valence-corrected chi connectivity index (χ1v) is 8.68. The molecule has 1 heterocycles. The van der Waals surface area contributed by atoms with Crippen molar-refractivity contribution in [2.24, 2.45) is 4.99 Å². The summed E-state index contributed by atoms with van der Waals surface area (Å²) in [7, 11) is 1.77. The topological polar surface area (TPSA) is 54.9 Å². The molecule has 2 N–H and O–H groups in total. The summed E-state index contributed by atoms with van der Waals surface area (Å²) >= 11 is 0. The Balaban J connectivity index is 0.00000243. The van der Waals surface area contributed by atoms with Crippen LogP contribution in [0.3, 0.4) is 0 Å². The molecule has 1 aliphatic heterocycles. The van der Waals surface area contributed by atoms with Gasteiger partial charge in [0.25, 0.3) is 0 Å². The van der Waals surface area contributed by atoms with Crippen LogP contribution in [0.2, 0.25) is 0 Å². The first kappa shape index (κ1) is 20.4. The fourth-order valence-electron chi connectivity index (χ4n) is 2.76. The molecule has 5 nitrogen and oxygen atoms in total. The molecule has 140 valence electrons. The van der Waals surface area contributed by atoms with Crippen LogP contribution in [0.25, 0.3) is 0 Å². The van der Waals surface area contributed by atoms with Crippen molar-refractivity contribution in [1.82, 2.24) is 5.32 Å². The molecule has 0 aliphatic carbocycles. The van der Waals surface area contributed by atoms with E-state index in [0.717, 1.165) is 42.5 Å². The van der Waals surface area contributed by atoms with Gasteiger partial charge in [0.05, 0.1) is 13.2 Å². The van der Waals surface area contributed by atoms with E-state index in [1.807, 2.05) is 18.2 Å². The van der Waals surface area contributed by atoms with Crippen molar-refractivity contribution >= 4 is 35.6 Å². The number of aliphatic imine (C=N–C) groups is 1. The van der Waals surface area contributed by atoms with E-state index < -0.39 is 0 Å². The number of benzene rings is 2. The van der Waals surface area contributed by atoms with Gasteiger partial charge in [-0.15, -0.1) is 24.0 Å². The van der Waals surface area contributed by atoms with E-state index in [9.17, 15) is 0 Å². The molecule has 0 unspecified atom stereocenters. The van der Waals surface area contributed by atoms with Gasteiger partial charge < -0.3 is 20.1 Å². The fraction of sp³-hybridized carbons (Fsp3) is 0.350. The van der Waals surface area contributed by atoms with Crippen LogP contribution in [0.4, 0.5) is 5.69 Å². The van der Waals surface area contributed by atoms with Gasteiger partial charge in [0.15, 0.2) is 17.5 Å². The highest BCUT2D eigenvalue weighted by atomic mass is 127. The number of nitrogens with zero attached hydrogens (tertiary/aromatic N) is 1. The molecule has 0 bridgehead atoms. The third-order valence-electron chi connectivity index (χ3n) is 4.18. The maximum atomic E-state index is 5.73.